The fourth-order valence-electron chi connectivity index (χ4n) is 3.98. The number of likely N-dealkylation sites (N-methyl/N-ethyl adjacent to an activating group) is 1. The molecule has 0 bridgehead atoms. The average molecular weight is 473 g/mol. The van der Waals surface area contributed by atoms with Gasteiger partial charge in [-0.15, -0.1) is 0 Å². The predicted molar refractivity (Wildman–Crippen MR) is 125 cm³/mol. The molecule has 4 rings (SSSR count). The van der Waals surface area contributed by atoms with Gasteiger partial charge in [-0.1, -0.05) is 0 Å². The van der Waals surface area contributed by atoms with E-state index in [4.69, 9.17) is 4.74 Å². The fourth-order valence-corrected chi connectivity index (χ4v) is 3.98. The van der Waals surface area contributed by atoms with Crippen molar-refractivity contribution in [3.05, 3.63) is 55.2 Å². The molecule has 0 spiro atoms. The van der Waals surface area contributed by atoms with E-state index in [1.54, 1.807) is 11.6 Å². The van der Waals surface area contributed by atoms with Crippen LogP contribution in [-0.2, 0) is 20.6 Å². The van der Waals surface area contributed by atoms with Gasteiger partial charge in [0.05, 0.1) is 11.5 Å². The third-order valence-electron chi connectivity index (χ3n) is 6.00. The fraction of sp³-hybridized carbons (Fsp3) is 0.476. The minimum atomic E-state index is -1.01. The molecule has 1 aliphatic rings. The normalized spacial score (nSPS) is 15.6. The number of imidazole rings is 1. The third kappa shape index (κ3) is 4.39. The third-order valence-corrected chi connectivity index (χ3v) is 6.00. The molecule has 13 heteroatoms. The molecule has 1 fully saturated rings. The Kier molecular flexibility index (Phi) is 6.39. The minimum absolute atomic E-state index is 0.0125. The Labute approximate surface area is 194 Å². The zero-order valence-electron chi connectivity index (χ0n) is 19.2. The number of ether oxygens (including phenoxy) is 1. The molecular weight excluding hydrogens is 446 g/mol. The highest BCUT2D eigenvalue weighted by Crippen LogP contribution is 2.22. The topological polar surface area (TPSA) is 141 Å². The highest BCUT2D eigenvalue weighted by atomic mass is 16.6. The number of aryl methyl sites for hydroxylation is 1. The molecule has 13 nitrogen and oxygen atoms in total. The van der Waals surface area contributed by atoms with Crippen LogP contribution in [0.15, 0.2) is 33.9 Å². The molecule has 0 amide bonds. The lowest BCUT2D eigenvalue weighted by Crippen LogP contribution is -2.45. The van der Waals surface area contributed by atoms with Crippen LogP contribution in [0.4, 0.5) is 11.6 Å². The number of fused-ring (bicyclic) bond motifs is 1. The van der Waals surface area contributed by atoms with Crippen molar-refractivity contribution < 1.29 is 14.8 Å². The number of aliphatic hydroxyl groups excluding tert-OH is 1. The quantitative estimate of drug-likeness (QED) is 0.356. The summed E-state index contributed by atoms with van der Waals surface area (Å²) in [5.41, 5.74) is -0.543. The molecule has 1 atom stereocenters. The van der Waals surface area contributed by atoms with E-state index in [9.17, 15) is 24.8 Å². The molecule has 1 unspecified atom stereocenters. The molecule has 0 saturated carbocycles. The van der Waals surface area contributed by atoms with E-state index in [1.165, 1.54) is 35.9 Å². The Balaban J connectivity index is 1.64. The summed E-state index contributed by atoms with van der Waals surface area (Å²) in [6.07, 6.45) is -1.01. The summed E-state index contributed by atoms with van der Waals surface area (Å²) in [6, 6.07) is 5.55. The van der Waals surface area contributed by atoms with Crippen molar-refractivity contribution in [2.45, 2.75) is 12.6 Å². The number of benzene rings is 1. The molecule has 1 aliphatic heterocycles. The highest BCUT2D eigenvalue weighted by Gasteiger charge is 2.26. The highest BCUT2D eigenvalue weighted by molar-refractivity contribution is 5.74. The Morgan fingerprint density at radius 3 is 2.35 bits per heavy atom. The van der Waals surface area contributed by atoms with Crippen LogP contribution in [0.3, 0.4) is 0 Å². The lowest BCUT2D eigenvalue weighted by atomic mass is 10.3. The number of anilines is 1. The molecule has 1 aromatic carbocycles. The summed E-state index contributed by atoms with van der Waals surface area (Å²) in [4.78, 5) is 44.6. The van der Waals surface area contributed by atoms with Crippen LogP contribution in [-0.4, -0.2) is 79.6 Å². The number of nitro groups is 1. The monoisotopic (exact) mass is 473 g/mol. The number of non-ortho nitro benzene ring substituents is 1. The molecule has 0 aliphatic carbocycles. The maximum atomic E-state index is 13.0. The van der Waals surface area contributed by atoms with Gasteiger partial charge in [0.2, 0.25) is 5.95 Å². The molecule has 1 N–H and O–H groups in total. The smallest absolute Gasteiger partial charge is 0.332 e. The van der Waals surface area contributed by atoms with E-state index >= 15 is 0 Å². The van der Waals surface area contributed by atoms with E-state index in [1.807, 2.05) is 11.9 Å². The lowest BCUT2D eigenvalue weighted by Gasteiger charge is -2.33. The van der Waals surface area contributed by atoms with E-state index in [-0.39, 0.29) is 30.0 Å². The van der Waals surface area contributed by atoms with Crippen LogP contribution in [0.5, 0.6) is 5.75 Å². The summed E-state index contributed by atoms with van der Waals surface area (Å²) >= 11 is 0. The molecule has 3 aromatic rings. The van der Waals surface area contributed by atoms with E-state index in [2.05, 4.69) is 9.88 Å². The van der Waals surface area contributed by atoms with E-state index in [0.29, 0.717) is 24.8 Å². The van der Waals surface area contributed by atoms with Crippen molar-refractivity contribution in [2.24, 2.45) is 14.1 Å². The van der Waals surface area contributed by atoms with Crippen molar-refractivity contribution in [1.29, 1.82) is 0 Å². The van der Waals surface area contributed by atoms with Crippen molar-refractivity contribution >= 4 is 22.8 Å². The van der Waals surface area contributed by atoms with Gasteiger partial charge in [-0.25, -0.2) is 4.79 Å². The predicted octanol–water partition coefficient (Wildman–Crippen LogP) is -0.466. The second kappa shape index (κ2) is 9.27. The van der Waals surface area contributed by atoms with Gasteiger partial charge in [0, 0.05) is 52.4 Å². The zero-order valence-corrected chi connectivity index (χ0v) is 19.2. The standard InChI is InChI=1S/C21H27N7O6/c1-23-8-10-26(11-9-23)20-22-18-17(19(30)25(3)21(31)24(18)2)27(20)12-15(29)13-34-16-6-4-14(5-7-16)28(32)33/h4-7,15,29H,8-13H2,1-3H3. The van der Waals surface area contributed by atoms with E-state index < -0.39 is 22.3 Å². The Hall–Kier alpha value is -3.71. The van der Waals surface area contributed by atoms with Crippen molar-refractivity contribution in [3.63, 3.8) is 0 Å². The number of nitrogens with zero attached hydrogens (tertiary/aromatic N) is 7. The Morgan fingerprint density at radius 2 is 1.74 bits per heavy atom. The SMILES string of the molecule is CN1CCN(c2nc3c(c(=O)n(C)c(=O)n3C)n2CC(O)COc2ccc([N+](=O)[O-])cc2)CC1. The summed E-state index contributed by atoms with van der Waals surface area (Å²) in [5.74, 6) is 0.883. The van der Waals surface area contributed by atoms with Crippen LogP contribution < -0.4 is 20.9 Å². The molecule has 1 saturated heterocycles. The van der Waals surface area contributed by atoms with Gasteiger partial charge in [0.25, 0.3) is 11.2 Å². The van der Waals surface area contributed by atoms with Crippen LogP contribution in [0, 0.1) is 10.1 Å². The van der Waals surface area contributed by atoms with Gasteiger partial charge < -0.3 is 24.2 Å². The summed E-state index contributed by atoms with van der Waals surface area (Å²) in [6.45, 7) is 2.90. The first-order valence-corrected chi connectivity index (χ1v) is 10.8. The molecule has 34 heavy (non-hydrogen) atoms. The summed E-state index contributed by atoms with van der Waals surface area (Å²) < 4.78 is 9.59. The van der Waals surface area contributed by atoms with Gasteiger partial charge >= 0.3 is 5.69 Å². The van der Waals surface area contributed by atoms with Gasteiger partial charge in [-0.05, 0) is 19.2 Å². The average Bonchev–Trinajstić information content (AvgIpc) is 3.20. The number of hydrogen-bond donors (Lipinski definition) is 1. The first-order valence-electron chi connectivity index (χ1n) is 10.8. The minimum Gasteiger partial charge on any atom is -0.491 e. The maximum Gasteiger partial charge on any atom is 0.332 e. The largest absolute Gasteiger partial charge is 0.491 e. The molecular formula is C21H27N7O6. The van der Waals surface area contributed by atoms with Gasteiger partial charge in [0.1, 0.15) is 18.5 Å². The van der Waals surface area contributed by atoms with Crippen LogP contribution >= 0.6 is 0 Å². The first kappa shape index (κ1) is 23.4. The van der Waals surface area contributed by atoms with Gasteiger partial charge in [-0.2, -0.15) is 4.98 Å². The molecule has 3 heterocycles. The Bertz CT molecular complexity index is 1320. The van der Waals surface area contributed by atoms with Gasteiger partial charge in [-0.3, -0.25) is 24.0 Å². The lowest BCUT2D eigenvalue weighted by molar-refractivity contribution is -0.384. The molecule has 2 aromatic heterocycles. The first-order chi connectivity index (χ1) is 16.2. The zero-order chi connectivity index (χ0) is 24.6. The summed E-state index contributed by atoms with van der Waals surface area (Å²) in [7, 11) is 4.99. The van der Waals surface area contributed by atoms with Crippen LogP contribution in [0.2, 0.25) is 0 Å². The van der Waals surface area contributed by atoms with Crippen molar-refractivity contribution in [3.8, 4) is 5.75 Å². The number of aliphatic hydroxyl groups is 1. The second-order valence-corrected chi connectivity index (χ2v) is 8.41. The molecule has 182 valence electrons. The van der Waals surface area contributed by atoms with Crippen LogP contribution in [0.1, 0.15) is 0 Å². The number of piperazine rings is 1. The van der Waals surface area contributed by atoms with Crippen molar-refractivity contribution in [1.82, 2.24) is 23.6 Å². The van der Waals surface area contributed by atoms with E-state index in [0.717, 1.165) is 17.7 Å². The van der Waals surface area contributed by atoms with Crippen LogP contribution in [0.25, 0.3) is 11.2 Å². The van der Waals surface area contributed by atoms with Crippen molar-refractivity contribution in [2.75, 3.05) is 44.7 Å². The summed E-state index contributed by atoms with van der Waals surface area (Å²) in [5, 5.41) is 21.5. The molecule has 0 radical (unpaired) electrons. The maximum absolute atomic E-state index is 13.0. The van der Waals surface area contributed by atoms with Gasteiger partial charge in [0.15, 0.2) is 11.2 Å². The number of hydrogen-bond acceptors (Lipinski definition) is 9. The number of rotatable bonds is 7. The second-order valence-electron chi connectivity index (χ2n) is 8.41. The Morgan fingerprint density at radius 1 is 1.09 bits per heavy atom. The number of nitro benzene ring substituents is 1. The number of aromatic nitrogens is 4.